The minimum absolute atomic E-state index is 0.216. The van der Waals surface area contributed by atoms with Crippen molar-refractivity contribution in [1.82, 2.24) is 9.78 Å². The minimum Gasteiger partial charge on any atom is -0.435 e. The number of carbonyl (C=O) groups excluding carboxylic acids is 1. The highest BCUT2D eigenvalue weighted by Crippen LogP contribution is 2.19. The van der Waals surface area contributed by atoms with Gasteiger partial charge in [0.2, 0.25) is 5.88 Å². The van der Waals surface area contributed by atoms with Gasteiger partial charge in [-0.3, -0.25) is 4.79 Å². The third kappa shape index (κ3) is 1.13. The van der Waals surface area contributed by atoms with Crippen molar-refractivity contribution in [3.63, 3.8) is 0 Å². The van der Waals surface area contributed by atoms with Crippen molar-refractivity contribution >= 4 is 17.8 Å². The lowest BCUT2D eigenvalue weighted by atomic mass is 10.5. The second-order valence-corrected chi connectivity index (χ2v) is 2.69. The van der Waals surface area contributed by atoms with E-state index in [1.54, 1.807) is 6.07 Å². The summed E-state index contributed by atoms with van der Waals surface area (Å²) in [6, 6.07) is 3.12. The average molecular weight is 192 g/mol. The first-order valence-corrected chi connectivity index (χ1v) is 3.86. The Labute approximate surface area is 79.1 Å². The van der Waals surface area contributed by atoms with Crippen LogP contribution >= 0.6 is 0 Å². The molecule has 14 heavy (non-hydrogen) atoms. The lowest BCUT2D eigenvalue weighted by Crippen LogP contribution is -2.01. The Kier molecular flexibility index (Phi) is 1.74. The molecule has 0 spiro atoms. The van der Waals surface area contributed by atoms with Crippen molar-refractivity contribution in [2.24, 2.45) is 0 Å². The predicted octanol–water partition coefficient (Wildman–Crippen LogP) is 0.442. The highest BCUT2D eigenvalue weighted by Gasteiger charge is 2.09. The lowest BCUT2D eigenvalue weighted by Gasteiger charge is -1.98. The standard InChI is InChI=1S/C8H8N4O2/c9-6-3-11-12(8(6)10)7-2-1-5(4-13)14-7/h1-4H,9-10H2. The molecule has 0 amide bonds. The zero-order valence-electron chi connectivity index (χ0n) is 7.18. The molecule has 0 saturated heterocycles. The molecule has 0 aliphatic carbocycles. The van der Waals surface area contributed by atoms with Crippen LogP contribution in [0.2, 0.25) is 0 Å². The van der Waals surface area contributed by atoms with E-state index < -0.39 is 0 Å². The number of nitrogens with two attached hydrogens (primary N) is 2. The maximum Gasteiger partial charge on any atom is 0.222 e. The zero-order chi connectivity index (χ0) is 10.1. The van der Waals surface area contributed by atoms with Crippen LogP contribution in [0.15, 0.2) is 22.7 Å². The van der Waals surface area contributed by atoms with Crippen molar-refractivity contribution in [2.45, 2.75) is 0 Å². The van der Waals surface area contributed by atoms with E-state index in [2.05, 4.69) is 5.10 Å². The smallest absolute Gasteiger partial charge is 0.222 e. The van der Waals surface area contributed by atoms with E-state index in [0.717, 1.165) is 0 Å². The number of rotatable bonds is 2. The summed E-state index contributed by atoms with van der Waals surface area (Å²) in [5.74, 6) is 0.867. The molecule has 0 aromatic carbocycles. The van der Waals surface area contributed by atoms with Crippen LogP contribution in [-0.4, -0.2) is 16.1 Å². The van der Waals surface area contributed by atoms with Crippen LogP contribution < -0.4 is 11.5 Å². The maximum atomic E-state index is 10.4. The summed E-state index contributed by atoms with van der Waals surface area (Å²) >= 11 is 0. The van der Waals surface area contributed by atoms with Crippen molar-refractivity contribution in [2.75, 3.05) is 11.5 Å². The van der Waals surface area contributed by atoms with Gasteiger partial charge < -0.3 is 15.9 Å². The van der Waals surface area contributed by atoms with Gasteiger partial charge in [-0.1, -0.05) is 0 Å². The fraction of sp³-hybridized carbons (Fsp3) is 0. The number of hydrogen-bond acceptors (Lipinski definition) is 5. The van der Waals surface area contributed by atoms with Gasteiger partial charge in [-0.2, -0.15) is 9.78 Å². The van der Waals surface area contributed by atoms with Crippen LogP contribution in [0, 0.1) is 0 Å². The lowest BCUT2D eigenvalue weighted by molar-refractivity contribution is 0.110. The molecule has 0 aliphatic rings. The molecule has 6 heteroatoms. The first-order chi connectivity index (χ1) is 6.72. The van der Waals surface area contributed by atoms with Crippen LogP contribution in [0.25, 0.3) is 5.88 Å². The van der Waals surface area contributed by atoms with Crippen LogP contribution in [0.3, 0.4) is 0 Å². The minimum atomic E-state index is 0.216. The van der Waals surface area contributed by atoms with Crippen molar-refractivity contribution in [3.05, 3.63) is 24.1 Å². The molecule has 0 saturated carbocycles. The van der Waals surface area contributed by atoms with E-state index in [4.69, 9.17) is 15.9 Å². The number of nitrogen functional groups attached to an aromatic ring is 2. The van der Waals surface area contributed by atoms with E-state index >= 15 is 0 Å². The van der Waals surface area contributed by atoms with Crippen LogP contribution in [0.5, 0.6) is 0 Å². The second-order valence-electron chi connectivity index (χ2n) is 2.69. The third-order valence-corrected chi connectivity index (χ3v) is 1.77. The van der Waals surface area contributed by atoms with Gasteiger partial charge in [-0.15, -0.1) is 0 Å². The van der Waals surface area contributed by atoms with Gasteiger partial charge in [0.05, 0.1) is 11.9 Å². The van der Waals surface area contributed by atoms with Gasteiger partial charge in [-0.25, -0.2) is 0 Å². The summed E-state index contributed by atoms with van der Waals surface area (Å²) in [6.07, 6.45) is 2.02. The highest BCUT2D eigenvalue weighted by molar-refractivity contribution is 5.71. The molecule has 2 aromatic heterocycles. The van der Waals surface area contributed by atoms with E-state index in [-0.39, 0.29) is 11.6 Å². The van der Waals surface area contributed by atoms with Gasteiger partial charge in [0.15, 0.2) is 17.9 Å². The summed E-state index contributed by atoms with van der Waals surface area (Å²) in [5.41, 5.74) is 11.5. The molecule has 0 radical (unpaired) electrons. The molecule has 6 nitrogen and oxygen atoms in total. The molecule has 0 atom stereocenters. The zero-order valence-corrected chi connectivity index (χ0v) is 7.18. The van der Waals surface area contributed by atoms with E-state index in [1.165, 1.54) is 16.9 Å². The SMILES string of the molecule is Nc1cnn(-c2ccc(C=O)o2)c1N. The van der Waals surface area contributed by atoms with Gasteiger partial charge in [0.25, 0.3) is 0 Å². The van der Waals surface area contributed by atoms with Crippen LogP contribution in [-0.2, 0) is 0 Å². The largest absolute Gasteiger partial charge is 0.435 e. The van der Waals surface area contributed by atoms with E-state index in [0.29, 0.717) is 17.9 Å². The predicted molar refractivity (Wildman–Crippen MR) is 50.0 cm³/mol. The molecule has 0 fully saturated rings. The molecule has 2 heterocycles. The van der Waals surface area contributed by atoms with Gasteiger partial charge in [-0.05, 0) is 6.07 Å². The summed E-state index contributed by atoms with van der Waals surface area (Å²) in [6.45, 7) is 0. The van der Waals surface area contributed by atoms with E-state index in [9.17, 15) is 4.79 Å². The molecule has 2 aromatic rings. The van der Waals surface area contributed by atoms with Crippen molar-refractivity contribution < 1.29 is 9.21 Å². The third-order valence-electron chi connectivity index (χ3n) is 1.77. The molecular formula is C8H8N4O2. The number of hydrogen-bond donors (Lipinski definition) is 2. The fourth-order valence-corrected chi connectivity index (χ4v) is 1.07. The molecular weight excluding hydrogens is 184 g/mol. The Morgan fingerprint density at radius 2 is 2.21 bits per heavy atom. The molecule has 2 rings (SSSR count). The van der Waals surface area contributed by atoms with Gasteiger partial charge in [0, 0.05) is 6.07 Å². The van der Waals surface area contributed by atoms with E-state index in [1.807, 2.05) is 0 Å². The Morgan fingerprint density at radius 1 is 1.43 bits per heavy atom. The fourth-order valence-electron chi connectivity index (χ4n) is 1.07. The quantitative estimate of drug-likeness (QED) is 0.672. The van der Waals surface area contributed by atoms with Crippen molar-refractivity contribution in [3.8, 4) is 5.88 Å². The Morgan fingerprint density at radius 3 is 2.71 bits per heavy atom. The van der Waals surface area contributed by atoms with Gasteiger partial charge >= 0.3 is 0 Å². The van der Waals surface area contributed by atoms with Crippen LogP contribution in [0.1, 0.15) is 10.6 Å². The molecule has 4 N–H and O–H groups in total. The number of anilines is 2. The first kappa shape index (κ1) is 8.36. The Balaban J connectivity index is 2.49. The normalized spacial score (nSPS) is 10.3. The molecule has 0 bridgehead atoms. The summed E-state index contributed by atoms with van der Waals surface area (Å²) in [5, 5.41) is 3.89. The number of aromatic nitrogens is 2. The number of aldehydes is 1. The Hall–Kier alpha value is -2.24. The summed E-state index contributed by atoms with van der Waals surface area (Å²) < 4.78 is 6.43. The second kappa shape index (κ2) is 2.91. The monoisotopic (exact) mass is 192 g/mol. The number of carbonyl (C=O) groups is 1. The highest BCUT2D eigenvalue weighted by atomic mass is 16.4. The molecule has 72 valence electrons. The first-order valence-electron chi connectivity index (χ1n) is 3.86. The van der Waals surface area contributed by atoms with Gasteiger partial charge in [0.1, 0.15) is 0 Å². The van der Waals surface area contributed by atoms with Crippen molar-refractivity contribution in [1.29, 1.82) is 0 Å². The summed E-state index contributed by atoms with van der Waals surface area (Å²) in [4.78, 5) is 10.4. The maximum absolute atomic E-state index is 10.4. The Bertz CT molecular complexity index is 471. The molecule has 0 unspecified atom stereocenters. The molecule has 0 aliphatic heterocycles. The average Bonchev–Trinajstić information content (AvgIpc) is 2.75. The topological polar surface area (TPSA) is 100 Å². The number of nitrogens with zero attached hydrogens (tertiary/aromatic N) is 2. The summed E-state index contributed by atoms with van der Waals surface area (Å²) in [7, 11) is 0. The van der Waals surface area contributed by atoms with Crippen LogP contribution in [0.4, 0.5) is 11.5 Å². The number of furan rings is 1.